The second-order valence-electron chi connectivity index (χ2n) is 11.0. The van der Waals surface area contributed by atoms with Gasteiger partial charge in [-0.3, -0.25) is 9.36 Å². The number of carbonyl (C=O) groups excluding carboxylic acids is 1. The molecule has 0 saturated heterocycles. The lowest BCUT2D eigenvalue weighted by Crippen LogP contribution is -2.42. The van der Waals surface area contributed by atoms with Crippen LogP contribution in [-0.2, 0) is 17.7 Å². The molecule has 2 heterocycles. The van der Waals surface area contributed by atoms with Crippen molar-refractivity contribution in [3.05, 3.63) is 159 Å². The Labute approximate surface area is 244 Å². The summed E-state index contributed by atoms with van der Waals surface area (Å²) >= 11 is 0. The van der Waals surface area contributed by atoms with Gasteiger partial charge in [-0.2, -0.15) is 0 Å². The summed E-state index contributed by atoms with van der Waals surface area (Å²) in [6.07, 6.45) is 0.0553. The summed E-state index contributed by atoms with van der Waals surface area (Å²) in [5.74, 6) is 0.616. The summed E-state index contributed by atoms with van der Waals surface area (Å²) in [6, 6.07) is 36.4. The second-order valence-corrected chi connectivity index (χ2v) is 11.0. The van der Waals surface area contributed by atoms with Gasteiger partial charge in [-0.25, -0.2) is 9.78 Å². The highest BCUT2D eigenvalue weighted by molar-refractivity contribution is 5.79. The van der Waals surface area contributed by atoms with Gasteiger partial charge in [0.2, 0.25) is 0 Å². The molecule has 5 aromatic rings. The number of ether oxygens (including phenoxy) is 1. The molecule has 0 N–H and O–H groups in total. The molecule has 42 heavy (non-hydrogen) atoms. The van der Waals surface area contributed by atoms with Crippen LogP contribution in [-0.4, -0.2) is 33.7 Å². The molecule has 0 saturated carbocycles. The molecule has 0 spiro atoms. The standard InChI is InChI=1S/C36H31N3O3/c1-24-37-33-22-38(36(41)42-23-32-29-18-10-8-16-27(29)28-17-9-11-19-30(28)32)21-20-31(33)35(40)39(24)34(25-12-4-2-5-13-25)26-14-6-3-7-15-26/h2-19,32,34H,20-23H2,1H3. The lowest BCUT2D eigenvalue weighted by Gasteiger charge is -2.30. The number of hydrogen-bond donors (Lipinski definition) is 0. The fourth-order valence-corrected chi connectivity index (χ4v) is 6.53. The Bertz CT molecular complexity index is 1750. The number of nitrogens with zero attached hydrogens (tertiary/aromatic N) is 3. The second kappa shape index (κ2) is 10.8. The molecule has 1 amide bonds. The molecule has 208 valence electrons. The predicted molar refractivity (Wildman–Crippen MR) is 163 cm³/mol. The first-order chi connectivity index (χ1) is 20.6. The van der Waals surface area contributed by atoms with Crippen LogP contribution in [0.1, 0.15) is 51.3 Å². The van der Waals surface area contributed by atoms with Crippen LogP contribution >= 0.6 is 0 Å². The number of carbonyl (C=O) groups is 1. The van der Waals surface area contributed by atoms with E-state index in [1.807, 2.05) is 91.9 Å². The van der Waals surface area contributed by atoms with Gasteiger partial charge in [0, 0.05) is 18.0 Å². The number of fused-ring (bicyclic) bond motifs is 4. The Morgan fingerprint density at radius 2 is 1.38 bits per heavy atom. The van der Waals surface area contributed by atoms with E-state index in [9.17, 15) is 9.59 Å². The Hall–Kier alpha value is -4.97. The zero-order valence-corrected chi connectivity index (χ0v) is 23.4. The zero-order chi connectivity index (χ0) is 28.6. The molecule has 7 rings (SSSR count). The zero-order valence-electron chi connectivity index (χ0n) is 23.4. The molecule has 4 aromatic carbocycles. The van der Waals surface area contributed by atoms with E-state index in [2.05, 4.69) is 24.3 Å². The van der Waals surface area contributed by atoms with E-state index in [-0.39, 0.29) is 36.8 Å². The minimum Gasteiger partial charge on any atom is -0.448 e. The van der Waals surface area contributed by atoms with Crippen LogP contribution < -0.4 is 5.56 Å². The Kier molecular flexibility index (Phi) is 6.67. The molecule has 2 aliphatic rings. The normalized spacial score (nSPS) is 13.9. The van der Waals surface area contributed by atoms with Crippen molar-refractivity contribution in [3.8, 4) is 11.1 Å². The number of rotatable bonds is 5. The van der Waals surface area contributed by atoms with Crippen LogP contribution in [0.15, 0.2) is 114 Å². The van der Waals surface area contributed by atoms with Crippen molar-refractivity contribution in [3.63, 3.8) is 0 Å². The molecular weight excluding hydrogens is 522 g/mol. The van der Waals surface area contributed by atoms with Crippen LogP contribution in [0, 0.1) is 6.92 Å². The average molecular weight is 554 g/mol. The van der Waals surface area contributed by atoms with Crippen molar-refractivity contribution in [2.45, 2.75) is 31.8 Å². The summed E-state index contributed by atoms with van der Waals surface area (Å²) in [7, 11) is 0. The highest BCUT2D eigenvalue weighted by Crippen LogP contribution is 2.44. The monoisotopic (exact) mass is 553 g/mol. The fourth-order valence-electron chi connectivity index (χ4n) is 6.53. The summed E-state index contributed by atoms with van der Waals surface area (Å²) in [5, 5.41) is 0. The molecule has 0 atom stereocenters. The number of aryl methyl sites for hydroxylation is 1. The van der Waals surface area contributed by atoms with E-state index in [0.717, 1.165) is 11.1 Å². The van der Waals surface area contributed by atoms with Gasteiger partial charge in [-0.15, -0.1) is 0 Å². The number of hydrogen-bond acceptors (Lipinski definition) is 4. The highest BCUT2D eigenvalue weighted by Gasteiger charge is 2.32. The van der Waals surface area contributed by atoms with E-state index in [1.165, 1.54) is 22.3 Å². The summed E-state index contributed by atoms with van der Waals surface area (Å²) < 4.78 is 7.71. The van der Waals surface area contributed by atoms with Crippen molar-refractivity contribution < 1.29 is 9.53 Å². The lowest BCUT2D eigenvalue weighted by molar-refractivity contribution is 0.0945. The van der Waals surface area contributed by atoms with E-state index in [4.69, 9.17) is 9.72 Å². The van der Waals surface area contributed by atoms with Crippen LogP contribution in [0.3, 0.4) is 0 Å². The molecule has 0 bridgehead atoms. The molecule has 6 nitrogen and oxygen atoms in total. The average Bonchev–Trinajstić information content (AvgIpc) is 3.36. The minimum absolute atomic E-state index is 0.00101. The van der Waals surface area contributed by atoms with Gasteiger partial charge in [0.1, 0.15) is 12.4 Å². The van der Waals surface area contributed by atoms with Crippen molar-refractivity contribution >= 4 is 6.09 Å². The number of benzene rings is 4. The smallest absolute Gasteiger partial charge is 0.410 e. The maximum absolute atomic E-state index is 14.0. The first kappa shape index (κ1) is 26.0. The predicted octanol–water partition coefficient (Wildman–Crippen LogP) is 6.50. The maximum atomic E-state index is 14.0. The number of amides is 1. The Balaban J connectivity index is 1.13. The van der Waals surface area contributed by atoms with E-state index in [1.54, 1.807) is 9.47 Å². The van der Waals surface area contributed by atoms with Gasteiger partial charge in [0.05, 0.1) is 18.3 Å². The third-order valence-electron chi connectivity index (χ3n) is 8.53. The van der Waals surface area contributed by atoms with E-state index >= 15 is 0 Å². The van der Waals surface area contributed by atoms with Gasteiger partial charge in [-0.05, 0) is 46.7 Å². The van der Waals surface area contributed by atoms with E-state index in [0.29, 0.717) is 30.0 Å². The molecule has 6 heteroatoms. The first-order valence-electron chi connectivity index (χ1n) is 14.4. The first-order valence-corrected chi connectivity index (χ1v) is 14.4. The van der Waals surface area contributed by atoms with Gasteiger partial charge < -0.3 is 9.64 Å². The van der Waals surface area contributed by atoms with Gasteiger partial charge >= 0.3 is 6.09 Å². The molecule has 0 fully saturated rings. The van der Waals surface area contributed by atoms with Gasteiger partial charge in [0.15, 0.2) is 0 Å². The largest absolute Gasteiger partial charge is 0.448 e. The van der Waals surface area contributed by atoms with Crippen molar-refractivity contribution in [1.29, 1.82) is 0 Å². The van der Waals surface area contributed by atoms with Gasteiger partial charge in [0.25, 0.3) is 5.56 Å². The fraction of sp³-hybridized carbons (Fsp3) is 0.194. The van der Waals surface area contributed by atoms with Crippen molar-refractivity contribution in [2.24, 2.45) is 0 Å². The van der Waals surface area contributed by atoms with Crippen LogP contribution in [0.2, 0.25) is 0 Å². The van der Waals surface area contributed by atoms with Crippen LogP contribution in [0.5, 0.6) is 0 Å². The van der Waals surface area contributed by atoms with Crippen molar-refractivity contribution in [1.82, 2.24) is 14.5 Å². The van der Waals surface area contributed by atoms with Crippen molar-refractivity contribution in [2.75, 3.05) is 13.2 Å². The highest BCUT2D eigenvalue weighted by atomic mass is 16.6. The topological polar surface area (TPSA) is 64.4 Å². The molecule has 0 radical (unpaired) electrons. The Morgan fingerprint density at radius 1 is 0.833 bits per heavy atom. The number of aromatic nitrogens is 2. The van der Waals surface area contributed by atoms with E-state index < -0.39 is 0 Å². The molecule has 1 aliphatic carbocycles. The van der Waals surface area contributed by atoms with Gasteiger partial charge in [-0.1, -0.05) is 109 Å². The van der Waals surface area contributed by atoms with Crippen LogP contribution in [0.4, 0.5) is 4.79 Å². The molecule has 0 unspecified atom stereocenters. The SMILES string of the molecule is Cc1nc2c(c(=O)n1C(c1ccccc1)c1ccccc1)CCN(C(=O)OCC1c3ccccc3-c3ccccc31)C2. The van der Waals surface area contributed by atoms with Crippen LogP contribution in [0.25, 0.3) is 11.1 Å². The minimum atomic E-state index is -0.377. The lowest BCUT2D eigenvalue weighted by atomic mass is 9.97. The summed E-state index contributed by atoms with van der Waals surface area (Å²) in [5.41, 5.74) is 8.05. The third kappa shape index (κ3) is 4.49. The quantitative estimate of drug-likeness (QED) is 0.249. The molecular formula is C36H31N3O3. The maximum Gasteiger partial charge on any atom is 0.410 e. The summed E-state index contributed by atoms with van der Waals surface area (Å²) in [6.45, 7) is 2.79. The molecule has 1 aliphatic heterocycles. The third-order valence-corrected chi connectivity index (χ3v) is 8.53. The molecule has 1 aromatic heterocycles. The summed E-state index contributed by atoms with van der Waals surface area (Å²) in [4.78, 5) is 33.9. The Morgan fingerprint density at radius 3 is 1.98 bits per heavy atom.